The number of ether oxygens (including phenoxy) is 1. The molecule has 29 heavy (non-hydrogen) atoms. The summed E-state index contributed by atoms with van der Waals surface area (Å²) in [6.45, 7) is 3.89. The molecule has 1 amide bonds. The molecule has 3 rings (SSSR count). The highest BCUT2D eigenvalue weighted by Gasteiger charge is 2.25. The second-order valence-corrected chi connectivity index (χ2v) is 7.07. The lowest BCUT2D eigenvalue weighted by Crippen LogP contribution is -2.26. The number of rotatable bonds is 7. The molecule has 0 heterocycles. The van der Waals surface area contributed by atoms with E-state index >= 15 is 0 Å². The average Bonchev–Trinajstić information content (AvgIpc) is 2.74. The molecule has 3 aromatic rings. The summed E-state index contributed by atoms with van der Waals surface area (Å²) in [7, 11) is 0. The van der Waals surface area contributed by atoms with E-state index < -0.39 is 12.1 Å². The fraction of sp³-hybridized carbons (Fsp3) is 0.200. The number of nitrogens with one attached hydrogen (secondary N) is 1. The van der Waals surface area contributed by atoms with Gasteiger partial charge in [-0.2, -0.15) is 0 Å². The number of hydrogen-bond donors (Lipinski definition) is 1. The first-order chi connectivity index (χ1) is 14.0. The molecule has 0 aromatic heterocycles. The van der Waals surface area contributed by atoms with E-state index in [1.807, 2.05) is 80.6 Å². The molecule has 0 aliphatic rings. The molecule has 0 saturated carbocycles. The zero-order chi connectivity index (χ0) is 20.6. The van der Waals surface area contributed by atoms with Gasteiger partial charge in [-0.15, -0.1) is 0 Å². The Labute approximate surface area is 171 Å². The lowest BCUT2D eigenvalue weighted by molar-refractivity contribution is -0.154. The monoisotopic (exact) mass is 387 g/mol. The minimum absolute atomic E-state index is 0.212. The molecule has 4 nitrogen and oxygen atoms in total. The number of hydrogen-bond acceptors (Lipinski definition) is 3. The second-order valence-electron chi connectivity index (χ2n) is 7.07. The van der Waals surface area contributed by atoms with Crippen LogP contribution in [0.1, 0.15) is 34.8 Å². The van der Waals surface area contributed by atoms with E-state index in [0.29, 0.717) is 12.0 Å². The van der Waals surface area contributed by atoms with Gasteiger partial charge in [0.2, 0.25) is 6.10 Å². The topological polar surface area (TPSA) is 55.4 Å². The first-order valence-electron chi connectivity index (χ1n) is 9.69. The highest BCUT2D eigenvalue weighted by atomic mass is 16.5. The number of benzene rings is 3. The Bertz CT molecular complexity index is 968. The Morgan fingerprint density at radius 3 is 2.24 bits per heavy atom. The van der Waals surface area contributed by atoms with E-state index in [-0.39, 0.29) is 12.3 Å². The fourth-order valence-electron chi connectivity index (χ4n) is 3.05. The molecule has 4 heteroatoms. The van der Waals surface area contributed by atoms with Gasteiger partial charge in [-0.25, -0.2) is 0 Å². The highest BCUT2D eigenvalue weighted by molar-refractivity contribution is 5.96. The third-order valence-electron chi connectivity index (χ3n) is 4.70. The third kappa shape index (κ3) is 5.79. The van der Waals surface area contributed by atoms with Crippen LogP contribution in [0.2, 0.25) is 0 Å². The highest BCUT2D eigenvalue weighted by Crippen LogP contribution is 2.23. The molecule has 3 aromatic carbocycles. The SMILES string of the molecule is Cc1ccc(C)c(NC(=O)[C@@H](OC(=O)CCc2ccccc2)c2ccccc2)c1. The van der Waals surface area contributed by atoms with Crippen molar-refractivity contribution < 1.29 is 14.3 Å². The standard InChI is InChI=1S/C25H25NO3/c1-18-13-14-19(2)22(17-18)26-25(28)24(21-11-7-4-8-12-21)29-23(27)16-15-20-9-5-3-6-10-20/h3-14,17,24H,15-16H2,1-2H3,(H,26,28)/t24-/m0/s1. The van der Waals surface area contributed by atoms with Crippen molar-refractivity contribution in [3.63, 3.8) is 0 Å². The quantitative estimate of drug-likeness (QED) is 0.570. The van der Waals surface area contributed by atoms with Gasteiger partial charge in [-0.05, 0) is 43.0 Å². The summed E-state index contributed by atoms with van der Waals surface area (Å²) in [5, 5.41) is 2.91. The summed E-state index contributed by atoms with van der Waals surface area (Å²) in [5.74, 6) is -0.767. The van der Waals surface area contributed by atoms with E-state index in [1.54, 1.807) is 12.1 Å². The molecular formula is C25H25NO3. The number of carbonyl (C=O) groups is 2. The van der Waals surface area contributed by atoms with Gasteiger partial charge in [0.25, 0.3) is 5.91 Å². The Kier molecular flexibility index (Phi) is 6.80. The molecule has 0 bridgehead atoms. The molecule has 0 unspecified atom stereocenters. The van der Waals surface area contributed by atoms with E-state index in [2.05, 4.69) is 5.32 Å². The predicted molar refractivity (Wildman–Crippen MR) is 115 cm³/mol. The fourth-order valence-corrected chi connectivity index (χ4v) is 3.05. The van der Waals surface area contributed by atoms with Crippen molar-refractivity contribution >= 4 is 17.6 Å². The zero-order valence-corrected chi connectivity index (χ0v) is 16.7. The van der Waals surface area contributed by atoms with Gasteiger partial charge in [-0.1, -0.05) is 72.8 Å². The minimum atomic E-state index is -1.00. The lowest BCUT2D eigenvalue weighted by atomic mass is 10.1. The number of esters is 1. The molecule has 0 saturated heterocycles. The van der Waals surface area contributed by atoms with Crippen LogP contribution in [0.3, 0.4) is 0 Å². The summed E-state index contributed by atoms with van der Waals surface area (Å²) >= 11 is 0. The van der Waals surface area contributed by atoms with Crippen molar-refractivity contribution in [2.24, 2.45) is 0 Å². The van der Waals surface area contributed by atoms with Crippen LogP contribution in [0.4, 0.5) is 5.69 Å². The molecule has 1 N–H and O–H groups in total. The summed E-state index contributed by atoms with van der Waals surface area (Å²) < 4.78 is 5.61. The molecule has 0 aliphatic carbocycles. The maximum atomic E-state index is 13.0. The van der Waals surface area contributed by atoms with Crippen molar-refractivity contribution in [1.29, 1.82) is 0 Å². The van der Waals surface area contributed by atoms with Crippen LogP contribution in [0, 0.1) is 13.8 Å². The van der Waals surface area contributed by atoms with Crippen molar-refractivity contribution in [1.82, 2.24) is 0 Å². The molecular weight excluding hydrogens is 362 g/mol. The number of anilines is 1. The Hall–Kier alpha value is -3.40. The minimum Gasteiger partial charge on any atom is -0.447 e. The van der Waals surface area contributed by atoms with Gasteiger partial charge in [0.15, 0.2) is 0 Å². The van der Waals surface area contributed by atoms with Crippen LogP contribution < -0.4 is 5.32 Å². The van der Waals surface area contributed by atoms with Crippen LogP contribution in [0.25, 0.3) is 0 Å². The van der Waals surface area contributed by atoms with Crippen LogP contribution >= 0.6 is 0 Å². The van der Waals surface area contributed by atoms with Gasteiger partial charge >= 0.3 is 5.97 Å². The van der Waals surface area contributed by atoms with Crippen molar-refractivity contribution in [2.75, 3.05) is 5.32 Å². The summed E-state index contributed by atoms with van der Waals surface area (Å²) in [6.07, 6.45) is -0.219. The molecule has 0 radical (unpaired) electrons. The van der Waals surface area contributed by atoms with Crippen molar-refractivity contribution in [3.05, 3.63) is 101 Å². The smallest absolute Gasteiger partial charge is 0.307 e. The van der Waals surface area contributed by atoms with E-state index in [0.717, 1.165) is 22.4 Å². The van der Waals surface area contributed by atoms with E-state index in [9.17, 15) is 9.59 Å². The summed E-state index contributed by atoms with van der Waals surface area (Å²) in [4.78, 5) is 25.5. The molecule has 0 fully saturated rings. The van der Waals surface area contributed by atoms with Crippen LogP contribution in [0.15, 0.2) is 78.9 Å². The number of carbonyl (C=O) groups excluding carboxylic acids is 2. The first-order valence-corrected chi connectivity index (χ1v) is 9.69. The molecule has 1 atom stereocenters. The van der Waals surface area contributed by atoms with Crippen molar-refractivity contribution in [2.45, 2.75) is 32.8 Å². The van der Waals surface area contributed by atoms with Gasteiger partial charge < -0.3 is 10.1 Å². The summed E-state index contributed by atoms with van der Waals surface area (Å²) in [6, 6.07) is 24.7. The zero-order valence-electron chi connectivity index (χ0n) is 16.7. The molecule has 0 spiro atoms. The largest absolute Gasteiger partial charge is 0.447 e. The lowest BCUT2D eigenvalue weighted by Gasteiger charge is -2.19. The molecule has 0 aliphatic heterocycles. The normalized spacial score (nSPS) is 11.5. The van der Waals surface area contributed by atoms with Gasteiger partial charge in [0.1, 0.15) is 0 Å². The number of aryl methyl sites for hydroxylation is 3. The first kappa shape index (κ1) is 20.3. The Morgan fingerprint density at radius 1 is 0.897 bits per heavy atom. The summed E-state index contributed by atoms with van der Waals surface area (Å²) in [5.41, 5.74) is 4.41. The Balaban J connectivity index is 1.73. The third-order valence-corrected chi connectivity index (χ3v) is 4.70. The Morgan fingerprint density at radius 2 is 1.55 bits per heavy atom. The second kappa shape index (κ2) is 9.69. The van der Waals surface area contributed by atoms with Crippen LogP contribution in [0.5, 0.6) is 0 Å². The number of amides is 1. The predicted octanol–water partition coefficient (Wildman–Crippen LogP) is 5.16. The maximum absolute atomic E-state index is 13.0. The van der Waals surface area contributed by atoms with E-state index in [4.69, 9.17) is 4.74 Å². The van der Waals surface area contributed by atoms with Crippen LogP contribution in [-0.2, 0) is 20.7 Å². The maximum Gasteiger partial charge on any atom is 0.307 e. The molecule has 148 valence electrons. The van der Waals surface area contributed by atoms with Gasteiger partial charge in [-0.3, -0.25) is 9.59 Å². The van der Waals surface area contributed by atoms with Crippen molar-refractivity contribution in [3.8, 4) is 0 Å². The van der Waals surface area contributed by atoms with E-state index in [1.165, 1.54) is 0 Å². The van der Waals surface area contributed by atoms with Gasteiger partial charge in [0.05, 0.1) is 0 Å². The average molecular weight is 387 g/mol. The van der Waals surface area contributed by atoms with Crippen LogP contribution in [-0.4, -0.2) is 11.9 Å². The van der Waals surface area contributed by atoms with Gasteiger partial charge in [0, 0.05) is 17.7 Å².